The third-order valence-electron chi connectivity index (χ3n) is 5.43. The predicted molar refractivity (Wildman–Crippen MR) is 124 cm³/mol. The largest absolute Gasteiger partial charge is 0.339 e. The van der Waals surface area contributed by atoms with Crippen molar-refractivity contribution >= 4 is 34.8 Å². The Bertz CT molecular complexity index is 1030. The molecule has 3 aromatic rings. The minimum atomic E-state index is -0.0763. The standard InChI is InChI=1S/C24H24ClN3O2S/c25-20-11-9-19(10-12-20)23-26-21(17-31-23)24(30)28-15-13-27(14-16-28)22(29)8-4-7-18-5-2-1-3-6-18/h1-3,5-6,9-12,17H,4,7-8,13-16H2. The van der Waals surface area contributed by atoms with Gasteiger partial charge in [-0.05, 0) is 30.5 Å². The number of aromatic nitrogens is 1. The first kappa shape index (κ1) is 21.5. The summed E-state index contributed by atoms with van der Waals surface area (Å²) in [5.41, 5.74) is 2.66. The van der Waals surface area contributed by atoms with Gasteiger partial charge in [0, 0.05) is 48.6 Å². The van der Waals surface area contributed by atoms with E-state index in [-0.39, 0.29) is 11.8 Å². The van der Waals surface area contributed by atoms with E-state index in [4.69, 9.17) is 11.6 Å². The van der Waals surface area contributed by atoms with Crippen molar-refractivity contribution < 1.29 is 9.59 Å². The molecule has 0 bridgehead atoms. The zero-order valence-corrected chi connectivity index (χ0v) is 18.7. The third kappa shape index (κ3) is 5.51. The number of aryl methyl sites for hydroxylation is 1. The van der Waals surface area contributed by atoms with Gasteiger partial charge in [0.2, 0.25) is 5.91 Å². The van der Waals surface area contributed by atoms with E-state index in [0.29, 0.717) is 43.3 Å². The van der Waals surface area contributed by atoms with Crippen LogP contribution in [0.4, 0.5) is 0 Å². The van der Waals surface area contributed by atoms with Gasteiger partial charge < -0.3 is 9.80 Å². The van der Waals surface area contributed by atoms with E-state index in [1.165, 1.54) is 16.9 Å². The molecule has 0 saturated carbocycles. The number of carbonyl (C=O) groups is 2. The summed E-state index contributed by atoms with van der Waals surface area (Å²) in [6, 6.07) is 17.7. The summed E-state index contributed by atoms with van der Waals surface area (Å²) in [6.45, 7) is 2.22. The number of nitrogens with zero attached hydrogens (tertiary/aromatic N) is 3. The summed E-state index contributed by atoms with van der Waals surface area (Å²) < 4.78 is 0. The molecule has 1 saturated heterocycles. The van der Waals surface area contributed by atoms with Gasteiger partial charge >= 0.3 is 0 Å². The van der Waals surface area contributed by atoms with Gasteiger partial charge in [0.1, 0.15) is 10.7 Å². The molecule has 4 rings (SSSR count). The molecule has 2 heterocycles. The van der Waals surface area contributed by atoms with Crippen LogP contribution in [0.3, 0.4) is 0 Å². The van der Waals surface area contributed by atoms with E-state index in [2.05, 4.69) is 17.1 Å². The van der Waals surface area contributed by atoms with Crippen molar-refractivity contribution in [3.05, 3.63) is 76.3 Å². The van der Waals surface area contributed by atoms with Gasteiger partial charge in [0.15, 0.2) is 0 Å². The second-order valence-electron chi connectivity index (χ2n) is 7.56. The molecule has 0 aliphatic carbocycles. The van der Waals surface area contributed by atoms with Gasteiger partial charge in [-0.3, -0.25) is 9.59 Å². The number of amides is 2. The fourth-order valence-electron chi connectivity index (χ4n) is 3.66. The molecule has 0 N–H and O–H groups in total. The average molecular weight is 454 g/mol. The maximum Gasteiger partial charge on any atom is 0.273 e. The van der Waals surface area contributed by atoms with Crippen LogP contribution in [0.1, 0.15) is 28.9 Å². The first-order chi connectivity index (χ1) is 15.1. The molecule has 7 heteroatoms. The zero-order valence-electron chi connectivity index (χ0n) is 17.2. The van der Waals surface area contributed by atoms with E-state index in [0.717, 1.165) is 23.4 Å². The van der Waals surface area contributed by atoms with E-state index in [1.54, 1.807) is 10.3 Å². The highest BCUT2D eigenvalue weighted by atomic mass is 35.5. The molecule has 1 aromatic heterocycles. The molecule has 0 spiro atoms. The minimum absolute atomic E-state index is 0.0763. The fraction of sp³-hybridized carbons (Fsp3) is 0.292. The number of rotatable bonds is 6. The molecular weight excluding hydrogens is 430 g/mol. The van der Waals surface area contributed by atoms with Crippen LogP contribution in [0.25, 0.3) is 10.6 Å². The van der Waals surface area contributed by atoms with Crippen LogP contribution in [-0.2, 0) is 11.2 Å². The van der Waals surface area contributed by atoms with Gasteiger partial charge in [0.25, 0.3) is 5.91 Å². The molecule has 2 amide bonds. The Labute approximate surface area is 191 Å². The van der Waals surface area contributed by atoms with Crippen molar-refractivity contribution in [1.29, 1.82) is 0 Å². The lowest BCUT2D eigenvalue weighted by atomic mass is 10.1. The summed E-state index contributed by atoms with van der Waals surface area (Å²) in [6.07, 6.45) is 2.29. The number of hydrogen-bond acceptors (Lipinski definition) is 4. The summed E-state index contributed by atoms with van der Waals surface area (Å²) in [5, 5.41) is 3.27. The van der Waals surface area contributed by atoms with Crippen LogP contribution in [0.2, 0.25) is 5.02 Å². The molecule has 5 nitrogen and oxygen atoms in total. The summed E-state index contributed by atoms with van der Waals surface area (Å²) in [5.74, 6) is 0.0920. The third-order valence-corrected chi connectivity index (χ3v) is 6.58. The smallest absolute Gasteiger partial charge is 0.273 e. The SMILES string of the molecule is O=C(CCCc1ccccc1)N1CCN(C(=O)c2csc(-c3ccc(Cl)cc3)n2)CC1. The van der Waals surface area contributed by atoms with Crippen molar-refractivity contribution in [1.82, 2.24) is 14.8 Å². The molecular formula is C24H24ClN3O2S. The Hall–Kier alpha value is -2.70. The highest BCUT2D eigenvalue weighted by Crippen LogP contribution is 2.25. The normalized spacial score (nSPS) is 14.0. The minimum Gasteiger partial charge on any atom is -0.339 e. The summed E-state index contributed by atoms with van der Waals surface area (Å²) >= 11 is 7.39. The predicted octanol–water partition coefficient (Wildman–Crippen LogP) is 4.77. The molecule has 31 heavy (non-hydrogen) atoms. The molecule has 0 atom stereocenters. The summed E-state index contributed by atoms with van der Waals surface area (Å²) in [7, 11) is 0. The Morgan fingerprint density at radius 2 is 1.61 bits per heavy atom. The van der Waals surface area contributed by atoms with Crippen molar-refractivity contribution in [2.45, 2.75) is 19.3 Å². The first-order valence-corrected chi connectivity index (χ1v) is 11.7. The van der Waals surface area contributed by atoms with Gasteiger partial charge in [-0.1, -0.05) is 54.1 Å². The van der Waals surface area contributed by atoms with E-state index in [1.807, 2.05) is 47.4 Å². The van der Waals surface area contributed by atoms with Gasteiger partial charge in [-0.2, -0.15) is 0 Å². The number of benzene rings is 2. The van der Waals surface area contributed by atoms with E-state index in [9.17, 15) is 9.59 Å². The number of piperazine rings is 1. The Morgan fingerprint density at radius 1 is 0.935 bits per heavy atom. The average Bonchev–Trinajstić information content (AvgIpc) is 3.30. The highest BCUT2D eigenvalue weighted by Gasteiger charge is 2.26. The fourth-order valence-corrected chi connectivity index (χ4v) is 4.59. The van der Waals surface area contributed by atoms with Crippen molar-refractivity contribution in [3.8, 4) is 10.6 Å². The van der Waals surface area contributed by atoms with Crippen molar-refractivity contribution in [2.24, 2.45) is 0 Å². The lowest BCUT2D eigenvalue weighted by Gasteiger charge is -2.34. The second-order valence-corrected chi connectivity index (χ2v) is 8.85. The van der Waals surface area contributed by atoms with Crippen molar-refractivity contribution in [3.63, 3.8) is 0 Å². The number of halogens is 1. The van der Waals surface area contributed by atoms with Gasteiger partial charge in [-0.15, -0.1) is 11.3 Å². The molecule has 2 aromatic carbocycles. The topological polar surface area (TPSA) is 53.5 Å². The van der Waals surface area contributed by atoms with Gasteiger partial charge in [-0.25, -0.2) is 4.98 Å². The quantitative estimate of drug-likeness (QED) is 0.540. The highest BCUT2D eigenvalue weighted by molar-refractivity contribution is 7.13. The Morgan fingerprint density at radius 3 is 2.32 bits per heavy atom. The summed E-state index contributed by atoms with van der Waals surface area (Å²) in [4.78, 5) is 33.5. The maximum absolute atomic E-state index is 12.8. The number of carbonyl (C=O) groups excluding carboxylic acids is 2. The molecule has 1 fully saturated rings. The van der Waals surface area contributed by atoms with Crippen LogP contribution in [0.15, 0.2) is 60.0 Å². The first-order valence-electron chi connectivity index (χ1n) is 10.4. The molecule has 1 aliphatic heterocycles. The molecule has 0 unspecified atom stereocenters. The van der Waals surface area contributed by atoms with Crippen LogP contribution in [0.5, 0.6) is 0 Å². The van der Waals surface area contributed by atoms with E-state index >= 15 is 0 Å². The Balaban J connectivity index is 1.26. The van der Waals surface area contributed by atoms with E-state index < -0.39 is 0 Å². The number of thiazole rings is 1. The molecule has 0 radical (unpaired) electrons. The lowest BCUT2D eigenvalue weighted by molar-refractivity contribution is -0.132. The second kappa shape index (κ2) is 10.1. The molecule has 1 aliphatic rings. The molecule has 160 valence electrons. The lowest BCUT2D eigenvalue weighted by Crippen LogP contribution is -2.50. The van der Waals surface area contributed by atoms with Crippen LogP contribution in [0, 0.1) is 0 Å². The van der Waals surface area contributed by atoms with Crippen molar-refractivity contribution in [2.75, 3.05) is 26.2 Å². The van der Waals surface area contributed by atoms with Crippen LogP contribution < -0.4 is 0 Å². The van der Waals surface area contributed by atoms with Gasteiger partial charge in [0.05, 0.1) is 0 Å². The zero-order chi connectivity index (χ0) is 21.6. The number of hydrogen-bond donors (Lipinski definition) is 0. The maximum atomic E-state index is 12.8. The van der Waals surface area contributed by atoms with Crippen LogP contribution >= 0.6 is 22.9 Å². The Kier molecular flexibility index (Phi) is 6.99. The van der Waals surface area contributed by atoms with Crippen LogP contribution in [-0.4, -0.2) is 52.8 Å². The monoisotopic (exact) mass is 453 g/mol.